The van der Waals surface area contributed by atoms with Crippen LogP contribution in [0.15, 0.2) is 54.9 Å². The van der Waals surface area contributed by atoms with Crippen molar-refractivity contribution < 1.29 is 14.3 Å². The summed E-state index contributed by atoms with van der Waals surface area (Å²) in [5.41, 5.74) is 2.25. The Bertz CT molecular complexity index is 1250. The first kappa shape index (κ1) is 19.8. The van der Waals surface area contributed by atoms with Crippen molar-refractivity contribution >= 4 is 34.9 Å². The summed E-state index contributed by atoms with van der Waals surface area (Å²) in [4.78, 5) is 25.3. The van der Waals surface area contributed by atoms with Gasteiger partial charge in [-0.3, -0.25) is 14.3 Å². The van der Waals surface area contributed by atoms with Crippen molar-refractivity contribution in [3.05, 3.63) is 70.5 Å². The maximum absolute atomic E-state index is 12.9. The summed E-state index contributed by atoms with van der Waals surface area (Å²) in [5.74, 6) is 0.0370. The second-order valence-electron chi connectivity index (χ2n) is 9.08. The number of benzene rings is 2. The molecule has 1 aromatic heterocycles. The van der Waals surface area contributed by atoms with Gasteiger partial charge >= 0.3 is 0 Å². The number of nitrogens with zero attached hydrogens (tertiary/aromatic N) is 2. The number of Topliss-reactive ketones (excluding diaryl/α,β-unsaturated/α-hetero) is 1. The van der Waals surface area contributed by atoms with E-state index in [1.54, 1.807) is 18.2 Å². The minimum absolute atomic E-state index is 0.0179. The van der Waals surface area contributed by atoms with Crippen molar-refractivity contribution in [2.24, 2.45) is 0 Å². The van der Waals surface area contributed by atoms with E-state index < -0.39 is 6.10 Å². The van der Waals surface area contributed by atoms with Gasteiger partial charge in [0.05, 0.1) is 23.7 Å². The highest BCUT2D eigenvalue weighted by molar-refractivity contribution is 6.31. The van der Waals surface area contributed by atoms with Gasteiger partial charge in [0.15, 0.2) is 11.9 Å². The van der Waals surface area contributed by atoms with Gasteiger partial charge < -0.3 is 10.1 Å². The minimum atomic E-state index is -0.817. The van der Waals surface area contributed by atoms with Crippen LogP contribution in [0.2, 0.25) is 10.0 Å². The molecule has 2 aromatic carbocycles. The summed E-state index contributed by atoms with van der Waals surface area (Å²) in [6, 6.07) is 12.6. The third kappa shape index (κ3) is 3.05. The summed E-state index contributed by atoms with van der Waals surface area (Å²) in [6.45, 7) is 0. The van der Waals surface area contributed by atoms with E-state index in [2.05, 4.69) is 16.6 Å². The van der Waals surface area contributed by atoms with Gasteiger partial charge in [-0.05, 0) is 55.2 Å². The van der Waals surface area contributed by atoms with Crippen molar-refractivity contribution in [1.82, 2.24) is 15.1 Å². The van der Waals surface area contributed by atoms with Gasteiger partial charge in [-0.2, -0.15) is 5.10 Å². The molecule has 4 aliphatic rings. The highest BCUT2D eigenvalue weighted by atomic mass is 35.5. The molecule has 1 N–H and O–H groups in total. The average Bonchev–Trinajstić information content (AvgIpc) is 3.20. The third-order valence-electron chi connectivity index (χ3n) is 6.81. The Morgan fingerprint density at radius 3 is 2.53 bits per heavy atom. The first-order chi connectivity index (χ1) is 15.3. The van der Waals surface area contributed by atoms with E-state index in [-0.39, 0.29) is 29.2 Å². The predicted molar refractivity (Wildman–Crippen MR) is 120 cm³/mol. The number of carbonyl (C=O) groups is 2. The summed E-state index contributed by atoms with van der Waals surface area (Å²) in [6.07, 6.45) is 5.58. The summed E-state index contributed by atoms with van der Waals surface area (Å²) in [5, 5.41) is 8.89. The smallest absolute Gasteiger partial charge is 0.261 e. The topological polar surface area (TPSA) is 73.2 Å². The number of amides is 1. The van der Waals surface area contributed by atoms with Crippen LogP contribution in [0.1, 0.15) is 36.0 Å². The molecule has 2 heterocycles. The molecule has 1 atom stereocenters. The third-order valence-corrected chi connectivity index (χ3v) is 7.30. The molecule has 0 saturated heterocycles. The highest BCUT2D eigenvalue weighted by Crippen LogP contribution is 2.65. The van der Waals surface area contributed by atoms with E-state index in [9.17, 15) is 9.59 Å². The standard InChI is InChI=1S/C24H19Cl2N3O3/c25-16-3-1-14(2-4-16)15-9-27-29(10-15)24-11-23(12-24,13-24)28-22(31)21-8-19(30)18-7-17(26)5-6-20(18)32-21/h1-7,9-10,21H,8,11-13H2,(H,28,31)/t21-,23?,24?/m1/s1. The van der Waals surface area contributed by atoms with Crippen LogP contribution in [0, 0.1) is 0 Å². The molecule has 2 bridgehead atoms. The molecular formula is C24H19Cl2N3O3. The van der Waals surface area contributed by atoms with Gasteiger partial charge in [0.2, 0.25) is 0 Å². The second-order valence-corrected chi connectivity index (χ2v) is 9.95. The monoisotopic (exact) mass is 467 g/mol. The molecule has 1 amide bonds. The Labute approximate surface area is 194 Å². The van der Waals surface area contributed by atoms with Gasteiger partial charge in [-0.25, -0.2) is 0 Å². The molecular weight excluding hydrogens is 449 g/mol. The normalized spacial score (nSPS) is 27.6. The Balaban J connectivity index is 1.11. The fraction of sp³-hybridized carbons (Fsp3) is 0.292. The Hall–Kier alpha value is -2.83. The average molecular weight is 468 g/mol. The number of hydrogen-bond donors (Lipinski definition) is 1. The second kappa shape index (κ2) is 6.83. The number of fused-ring (bicyclic) bond motifs is 1. The summed E-state index contributed by atoms with van der Waals surface area (Å²) in [7, 11) is 0. The van der Waals surface area contributed by atoms with Crippen LogP contribution < -0.4 is 10.1 Å². The van der Waals surface area contributed by atoms with Crippen LogP contribution in [0.3, 0.4) is 0 Å². The number of ketones is 1. The predicted octanol–water partition coefficient (Wildman–Crippen LogP) is 4.64. The van der Waals surface area contributed by atoms with Crippen LogP contribution in [-0.4, -0.2) is 33.1 Å². The Morgan fingerprint density at radius 1 is 1.06 bits per heavy atom. The van der Waals surface area contributed by atoms with Gasteiger partial charge in [0.25, 0.3) is 5.91 Å². The van der Waals surface area contributed by atoms with Gasteiger partial charge in [-0.15, -0.1) is 0 Å². The SMILES string of the molecule is O=C1C[C@H](C(=O)NC23CC(n4cc(-c5ccc(Cl)cc5)cn4)(C2)C3)Oc2ccc(Cl)cc21. The van der Waals surface area contributed by atoms with E-state index in [0.29, 0.717) is 21.4 Å². The molecule has 0 spiro atoms. The number of carbonyl (C=O) groups excluding carboxylic acids is 2. The van der Waals surface area contributed by atoms with Crippen molar-refractivity contribution in [3.63, 3.8) is 0 Å². The number of aromatic nitrogens is 2. The lowest BCUT2D eigenvalue weighted by molar-refractivity contribution is -0.163. The van der Waals surface area contributed by atoms with Crippen LogP contribution in [0.4, 0.5) is 0 Å². The molecule has 0 unspecified atom stereocenters. The summed E-state index contributed by atoms with van der Waals surface area (Å²) < 4.78 is 7.82. The van der Waals surface area contributed by atoms with E-state index in [4.69, 9.17) is 27.9 Å². The number of halogens is 2. The number of rotatable bonds is 4. The fourth-order valence-corrected chi connectivity index (χ4v) is 5.57. The molecule has 3 aliphatic carbocycles. The maximum Gasteiger partial charge on any atom is 0.261 e. The fourth-order valence-electron chi connectivity index (χ4n) is 5.27. The molecule has 8 heteroatoms. The van der Waals surface area contributed by atoms with E-state index in [1.807, 2.05) is 35.1 Å². The zero-order chi connectivity index (χ0) is 22.1. The first-order valence-corrected chi connectivity index (χ1v) is 11.2. The maximum atomic E-state index is 12.9. The number of hydrogen-bond acceptors (Lipinski definition) is 4. The van der Waals surface area contributed by atoms with Crippen molar-refractivity contribution in [2.75, 3.05) is 0 Å². The van der Waals surface area contributed by atoms with E-state index in [1.165, 1.54) is 0 Å². The lowest BCUT2D eigenvalue weighted by Gasteiger charge is -2.70. The quantitative estimate of drug-likeness (QED) is 0.606. The molecule has 0 radical (unpaired) electrons. The zero-order valence-electron chi connectivity index (χ0n) is 17.0. The number of ether oxygens (including phenoxy) is 1. The van der Waals surface area contributed by atoms with Crippen molar-refractivity contribution in [2.45, 2.75) is 42.9 Å². The highest BCUT2D eigenvalue weighted by Gasteiger charge is 2.70. The molecule has 3 saturated carbocycles. The lowest BCUT2D eigenvalue weighted by Crippen LogP contribution is -2.79. The largest absolute Gasteiger partial charge is 0.479 e. The van der Waals surface area contributed by atoms with Crippen molar-refractivity contribution in [1.29, 1.82) is 0 Å². The van der Waals surface area contributed by atoms with E-state index >= 15 is 0 Å². The van der Waals surface area contributed by atoms with Crippen molar-refractivity contribution in [3.8, 4) is 16.9 Å². The van der Waals surface area contributed by atoms with Crippen LogP contribution in [-0.2, 0) is 10.3 Å². The Kier molecular flexibility index (Phi) is 4.23. The van der Waals surface area contributed by atoms with Gasteiger partial charge in [0, 0.05) is 27.3 Å². The molecule has 32 heavy (non-hydrogen) atoms. The zero-order valence-corrected chi connectivity index (χ0v) is 18.5. The molecule has 3 aromatic rings. The molecule has 7 rings (SSSR count). The van der Waals surface area contributed by atoms with Crippen LogP contribution >= 0.6 is 23.2 Å². The molecule has 3 fully saturated rings. The van der Waals surface area contributed by atoms with Crippen LogP contribution in [0.25, 0.3) is 11.1 Å². The van der Waals surface area contributed by atoms with Crippen LogP contribution in [0.5, 0.6) is 5.75 Å². The minimum Gasteiger partial charge on any atom is -0.479 e. The first-order valence-electron chi connectivity index (χ1n) is 10.5. The van der Waals surface area contributed by atoms with Gasteiger partial charge in [0.1, 0.15) is 5.75 Å². The number of nitrogens with one attached hydrogen (secondary N) is 1. The lowest BCUT2D eigenvalue weighted by atomic mass is 9.44. The Morgan fingerprint density at radius 2 is 1.78 bits per heavy atom. The molecule has 162 valence electrons. The molecule has 6 nitrogen and oxygen atoms in total. The summed E-state index contributed by atoms with van der Waals surface area (Å²) >= 11 is 11.9. The van der Waals surface area contributed by atoms with Gasteiger partial charge in [-0.1, -0.05) is 35.3 Å². The molecule has 1 aliphatic heterocycles. The van der Waals surface area contributed by atoms with E-state index in [0.717, 1.165) is 30.4 Å².